The molecule has 1 aromatic heterocycles. The number of nitrogens with one attached hydrogen (secondary N) is 1. The summed E-state index contributed by atoms with van der Waals surface area (Å²) in [6.07, 6.45) is 4.85. The second-order valence-corrected chi connectivity index (χ2v) is 8.87. The average molecular weight is 428 g/mol. The first-order chi connectivity index (χ1) is 15.5. The van der Waals surface area contributed by atoms with E-state index in [0.717, 1.165) is 16.7 Å². The summed E-state index contributed by atoms with van der Waals surface area (Å²) in [5.74, 6) is 0.00365. The Labute approximate surface area is 189 Å². The van der Waals surface area contributed by atoms with Crippen LogP contribution in [0.15, 0.2) is 79.1 Å². The highest BCUT2D eigenvalue weighted by Crippen LogP contribution is 2.36. The van der Waals surface area contributed by atoms with Crippen LogP contribution in [0.1, 0.15) is 36.2 Å². The van der Waals surface area contributed by atoms with E-state index in [0.29, 0.717) is 31.5 Å². The average Bonchev–Trinajstić information content (AvgIpc) is 3.25. The van der Waals surface area contributed by atoms with Crippen LogP contribution in [0.4, 0.5) is 0 Å². The van der Waals surface area contributed by atoms with Crippen molar-refractivity contribution in [2.24, 2.45) is 5.41 Å². The number of benzene rings is 2. The number of hydrogen-bond donors (Lipinski definition) is 1. The summed E-state index contributed by atoms with van der Waals surface area (Å²) >= 11 is 0. The van der Waals surface area contributed by atoms with Crippen molar-refractivity contribution in [1.82, 2.24) is 15.2 Å². The molecular formula is C27H29N3O2. The third-order valence-corrected chi connectivity index (χ3v) is 6.05. The monoisotopic (exact) mass is 427 g/mol. The van der Waals surface area contributed by atoms with Crippen LogP contribution >= 0.6 is 0 Å². The summed E-state index contributed by atoms with van der Waals surface area (Å²) in [6.45, 7) is 4.93. The van der Waals surface area contributed by atoms with Gasteiger partial charge >= 0.3 is 0 Å². The number of aromatic nitrogens is 1. The van der Waals surface area contributed by atoms with Crippen LogP contribution in [0.5, 0.6) is 0 Å². The first-order valence-electron chi connectivity index (χ1n) is 11.1. The van der Waals surface area contributed by atoms with Gasteiger partial charge in [-0.15, -0.1) is 0 Å². The van der Waals surface area contributed by atoms with Gasteiger partial charge in [-0.3, -0.25) is 14.6 Å². The molecule has 2 heterocycles. The van der Waals surface area contributed by atoms with E-state index >= 15 is 0 Å². The van der Waals surface area contributed by atoms with Crippen molar-refractivity contribution in [3.63, 3.8) is 0 Å². The van der Waals surface area contributed by atoms with Gasteiger partial charge in [-0.2, -0.15) is 0 Å². The first-order valence-corrected chi connectivity index (χ1v) is 11.1. The van der Waals surface area contributed by atoms with E-state index in [1.165, 1.54) is 0 Å². The largest absolute Gasteiger partial charge is 0.353 e. The highest BCUT2D eigenvalue weighted by molar-refractivity contribution is 5.95. The van der Waals surface area contributed by atoms with E-state index in [1.54, 1.807) is 6.20 Å². The van der Waals surface area contributed by atoms with Crippen LogP contribution in [-0.2, 0) is 11.2 Å². The van der Waals surface area contributed by atoms with Gasteiger partial charge in [-0.25, -0.2) is 0 Å². The maximum atomic E-state index is 13.3. The molecule has 4 rings (SSSR count). The summed E-state index contributed by atoms with van der Waals surface area (Å²) in [4.78, 5) is 32.3. The molecule has 0 spiro atoms. The Morgan fingerprint density at radius 2 is 1.75 bits per heavy atom. The maximum absolute atomic E-state index is 13.3. The lowest BCUT2D eigenvalue weighted by atomic mass is 9.79. The second kappa shape index (κ2) is 9.35. The zero-order valence-corrected chi connectivity index (χ0v) is 18.6. The molecule has 0 radical (unpaired) electrons. The summed E-state index contributed by atoms with van der Waals surface area (Å²) in [5.41, 5.74) is 3.27. The lowest BCUT2D eigenvalue weighted by molar-refractivity contribution is -0.130. The summed E-state index contributed by atoms with van der Waals surface area (Å²) < 4.78 is 0. The van der Waals surface area contributed by atoms with Crippen molar-refractivity contribution >= 4 is 11.8 Å². The molecule has 1 aliphatic rings. The van der Waals surface area contributed by atoms with Gasteiger partial charge in [-0.05, 0) is 61.6 Å². The number of nitrogens with zero attached hydrogens (tertiary/aromatic N) is 2. The van der Waals surface area contributed by atoms with E-state index in [-0.39, 0.29) is 17.9 Å². The quantitative estimate of drug-likeness (QED) is 0.636. The zero-order valence-electron chi connectivity index (χ0n) is 18.6. The van der Waals surface area contributed by atoms with E-state index in [4.69, 9.17) is 0 Å². The van der Waals surface area contributed by atoms with Gasteiger partial charge in [0.2, 0.25) is 5.91 Å². The summed E-state index contributed by atoms with van der Waals surface area (Å²) in [6, 6.07) is 21.6. The highest BCUT2D eigenvalue weighted by Gasteiger charge is 2.46. The van der Waals surface area contributed by atoms with E-state index in [1.807, 2.05) is 67.4 Å². The van der Waals surface area contributed by atoms with Gasteiger partial charge in [0.15, 0.2) is 0 Å². The van der Waals surface area contributed by atoms with Crippen molar-refractivity contribution in [1.29, 1.82) is 0 Å². The van der Waals surface area contributed by atoms with Gasteiger partial charge in [-0.1, -0.05) is 48.5 Å². The zero-order chi connectivity index (χ0) is 22.6. The molecule has 1 aliphatic heterocycles. The molecule has 1 N–H and O–H groups in total. The summed E-state index contributed by atoms with van der Waals surface area (Å²) in [7, 11) is 0. The SMILES string of the molecule is CC(C)NC(=O)C1(Cc2ccc(-c3cccnc3)cc2)CCN(C(=O)c2ccccc2)C1. The van der Waals surface area contributed by atoms with Crippen molar-refractivity contribution in [3.05, 3.63) is 90.3 Å². The van der Waals surface area contributed by atoms with Crippen LogP contribution in [0.2, 0.25) is 0 Å². The fraction of sp³-hybridized carbons (Fsp3) is 0.296. The molecule has 0 aliphatic carbocycles. The molecule has 1 unspecified atom stereocenters. The molecule has 1 fully saturated rings. The molecule has 0 saturated carbocycles. The van der Waals surface area contributed by atoms with Crippen molar-refractivity contribution < 1.29 is 9.59 Å². The third-order valence-electron chi connectivity index (χ3n) is 6.05. The van der Waals surface area contributed by atoms with E-state index in [9.17, 15) is 9.59 Å². The molecule has 164 valence electrons. The molecule has 1 atom stereocenters. The molecule has 0 bridgehead atoms. The molecule has 2 amide bonds. The van der Waals surface area contributed by atoms with Gasteiger partial charge in [0, 0.05) is 37.1 Å². The number of carbonyl (C=O) groups excluding carboxylic acids is 2. The van der Waals surface area contributed by atoms with Crippen LogP contribution in [0, 0.1) is 5.41 Å². The van der Waals surface area contributed by atoms with E-state index in [2.05, 4.69) is 34.6 Å². The number of rotatable bonds is 6. The molecule has 1 saturated heterocycles. The molecule has 2 aromatic carbocycles. The normalized spacial score (nSPS) is 18.0. The van der Waals surface area contributed by atoms with Gasteiger partial charge in [0.25, 0.3) is 5.91 Å². The van der Waals surface area contributed by atoms with Crippen LogP contribution in [-0.4, -0.2) is 40.8 Å². The lowest BCUT2D eigenvalue weighted by Gasteiger charge is -2.29. The Hall–Kier alpha value is -3.47. The smallest absolute Gasteiger partial charge is 0.253 e. The molecule has 5 heteroatoms. The molecule has 5 nitrogen and oxygen atoms in total. The molecular weight excluding hydrogens is 398 g/mol. The topological polar surface area (TPSA) is 62.3 Å². The number of carbonyl (C=O) groups is 2. The molecule has 3 aromatic rings. The van der Waals surface area contributed by atoms with Gasteiger partial charge < -0.3 is 10.2 Å². The Morgan fingerprint density at radius 1 is 1.00 bits per heavy atom. The predicted octanol–water partition coefficient (Wildman–Crippen LogP) is 4.35. The Bertz CT molecular complexity index is 1070. The van der Waals surface area contributed by atoms with Crippen LogP contribution in [0.3, 0.4) is 0 Å². The maximum Gasteiger partial charge on any atom is 0.253 e. The minimum atomic E-state index is -0.634. The van der Waals surface area contributed by atoms with Crippen molar-refractivity contribution in [3.8, 4) is 11.1 Å². The predicted molar refractivity (Wildman–Crippen MR) is 126 cm³/mol. The van der Waals surface area contributed by atoms with Crippen molar-refractivity contribution in [2.75, 3.05) is 13.1 Å². The number of amides is 2. The number of hydrogen-bond acceptors (Lipinski definition) is 3. The second-order valence-electron chi connectivity index (χ2n) is 8.87. The first kappa shape index (κ1) is 21.8. The Balaban J connectivity index is 1.56. The number of likely N-dealkylation sites (tertiary alicyclic amines) is 1. The minimum absolute atomic E-state index is 0.0169. The Kier molecular flexibility index (Phi) is 6.35. The van der Waals surface area contributed by atoms with E-state index < -0.39 is 5.41 Å². The third kappa shape index (κ3) is 4.72. The van der Waals surface area contributed by atoms with Gasteiger partial charge in [0.1, 0.15) is 0 Å². The van der Waals surface area contributed by atoms with Crippen LogP contribution in [0.25, 0.3) is 11.1 Å². The lowest BCUT2D eigenvalue weighted by Crippen LogP contribution is -2.47. The highest BCUT2D eigenvalue weighted by atomic mass is 16.2. The summed E-state index contributed by atoms with van der Waals surface area (Å²) in [5, 5.41) is 3.10. The fourth-order valence-electron chi connectivity index (χ4n) is 4.37. The molecule has 32 heavy (non-hydrogen) atoms. The number of pyridine rings is 1. The standard InChI is InChI=1S/C27H29N3O2/c1-20(2)29-26(32)27(14-16-30(19-27)25(31)23-7-4-3-5-8-23)17-21-10-12-22(13-11-21)24-9-6-15-28-18-24/h3-13,15,18,20H,14,16-17,19H2,1-2H3,(H,29,32). The Morgan fingerprint density at radius 3 is 2.41 bits per heavy atom. The van der Waals surface area contributed by atoms with Crippen LogP contribution < -0.4 is 5.32 Å². The minimum Gasteiger partial charge on any atom is -0.353 e. The fourth-order valence-corrected chi connectivity index (χ4v) is 4.37. The van der Waals surface area contributed by atoms with Crippen molar-refractivity contribution in [2.45, 2.75) is 32.7 Å². The van der Waals surface area contributed by atoms with Gasteiger partial charge in [0.05, 0.1) is 5.41 Å².